The Labute approximate surface area is 94.5 Å². The second kappa shape index (κ2) is 4.08. The molecule has 2 N–H and O–H groups in total. The summed E-state index contributed by atoms with van der Waals surface area (Å²) in [7, 11) is 0. The summed E-state index contributed by atoms with van der Waals surface area (Å²) in [6.07, 6.45) is 0. The van der Waals surface area contributed by atoms with Gasteiger partial charge < -0.3 is 5.73 Å². The third kappa shape index (κ3) is 1.84. The minimum atomic E-state index is -1.17. The van der Waals surface area contributed by atoms with Gasteiger partial charge in [-0.25, -0.2) is 17.6 Å². The van der Waals surface area contributed by atoms with Crippen molar-refractivity contribution in [3.63, 3.8) is 0 Å². The van der Waals surface area contributed by atoms with Crippen LogP contribution in [0.1, 0.15) is 0 Å². The molecule has 0 aliphatic rings. The highest BCUT2D eigenvalue weighted by atomic mass is 19.1. The average molecular weight is 241 g/mol. The van der Waals surface area contributed by atoms with Crippen LogP contribution in [0.25, 0.3) is 11.1 Å². The molecule has 2 aromatic rings. The fourth-order valence-electron chi connectivity index (χ4n) is 1.52. The highest BCUT2D eigenvalue weighted by Crippen LogP contribution is 2.31. The lowest BCUT2D eigenvalue weighted by Gasteiger charge is -2.08. The van der Waals surface area contributed by atoms with Crippen LogP contribution in [0.4, 0.5) is 23.2 Å². The van der Waals surface area contributed by atoms with E-state index in [1.165, 1.54) is 0 Å². The van der Waals surface area contributed by atoms with E-state index < -0.39 is 40.1 Å². The van der Waals surface area contributed by atoms with E-state index in [1.807, 2.05) is 0 Å². The van der Waals surface area contributed by atoms with E-state index in [4.69, 9.17) is 5.73 Å². The topological polar surface area (TPSA) is 26.0 Å². The zero-order valence-electron chi connectivity index (χ0n) is 8.48. The molecule has 88 valence electrons. The molecule has 0 atom stereocenters. The van der Waals surface area contributed by atoms with Crippen LogP contribution < -0.4 is 5.73 Å². The van der Waals surface area contributed by atoms with Gasteiger partial charge in [-0.05, 0) is 24.3 Å². The van der Waals surface area contributed by atoms with Gasteiger partial charge in [0.2, 0.25) is 0 Å². The number of nitrogen functional groups attached to an aromatic ring is 1. The first-order chi connectivity index (χ1) is 8.02. The second-order valence-electron chi connectivity index (χ2n) is 3.42. The maximum absolute atomic E-state index is 13.6. The van der Waals surface area contributed by atoms with Crippen LogP contribution in [0.3, 0.4) is 0 Å². The maximum atomic E-state index is 13.6. The van der Waals surface area contributed by atoms with Crippen LogP contribution in [0.15, 0.2) is 30.3 Å². The summed E-state index contributed by atoms with van der Waals surface area (Å²) in [5, 5.41) is 0. The monoisotopic (exact) mass is 241 g/mol. The molecule has 0 fully saturated rings. The molecule has 0 unspecified atom stereocenters. The van der Waals surface area contributed by atoms with Gasteiger partial charge >= 0.3 is 0 Å². The number of benzene rings is 2. The van der Waals surface area contributed by atoms with Gasteiger partial charge in [0.25, 0.3) is 0 Å². The van der Waals surface area contributed by atoms with Crippen molar-refractivity contribution >= 4 is 5.69 Å². The number of rotatable bonds is 1. The molecule has 5 heteroatoms. The molecule has 2 aromatic carbocycles. The van der Waals surface area contributed by atoms with Crippen molar-refractivity contribution in [3.05, 3.63) is 53.6 Å². The Bertz CT molecular complexity index is 561. The minimum Gasteiger partial charge on any atom is -0.394 e. The highest BCUT2D eigenvalue weighted by Gasteiger charge is 2.18. The molecule has 2 rings (SSSR count). The molecule has 0 aromatic heterocycles. The Morgan fingerprint density at radius 2 is 1.35 bits per heavy atom. The Morgan fingerprint density at radius 1 is 0.765 bits per heavy atom. The van der Waals surface area contributed by atoms with E-state index in [0.717, 1.165) is 30.3 Å². The lowest BCUT2D eigenvalue weighted by molar-refractivity contribution is 0.575. The first kappa shape index (κ1) is 11.4. The number of nitrogens with two attached hydrogens (primary N) is 1. The average Bonchev–Trinajstić information content (AvgIpc) is 2.29. The molecule has 1 nitrogen and oxygen atoms in total. The molecule has 0 saturated heterocycles. The summed E-state index contributed by atoms with van der Waals surface area (Å²) in [4.78, 5) is 0. The van der Waals surface area contributed by atoms with Crippen molar-refractivity contribution in [1.82, 2.24) is 0 Å². The summed E-state index contributed by atoms with van der Waals surface area (Å²) < 4.78 is 53.3. The van der Waals surface area contributed by atoms with Gasteiger partial charge in [-0.3, -0.25) is 0 Å². The van der Waals surface area contributed by atoms with Gasteiger partial charge in [0, 0.05) is 5.56 Å². The van der Waals surface area contributed by atoms with Crippen LogP contribution >= 0.6 is 0 Å². The van der Waals surface area contributed by atoms with E-state index in [2.05, 4.69) is 0 Å². The van der Waals surface area contributed by atoms with Gasteiger partial charge in [0.05, 0.1) is 5.56 Å². The van der Waals surface area contributed by atoms with Crippen LogP contribution in [-0.2, 0) is 0 Å². The number of halogens is 4. The number of hydrogen-bond donors (Lipinski definition) is 1. The van der Waals surface area contributed by atoms with Crippen molar-refractivity contribution in [1.29, 1.82) is 0 Å². The van der Waals surface area contributed by atoms with E-state index in [1.54, 1.807) is 0 Å². The molecule has 0 aliphatic heterocycles. The van der Waals surface area contributed by atoms with Crippen LogP contribution in [0.5, 0.6) is 0 Å². The van der Waals surface area contributed by atoms with Crippen molar-refractivity contribution < 1.29 is 17.6 Å². The first-order valence-corrected chi connectivity index (χ1v) is 4.70. The molecule has 0 amide bonds. The lowest BCUT2D eigenvalue weighted by Crippen LogP contribution is -2.00. The van der Waals surface area contributed by atoms with Crippen molar-refractivity contribution in [3.8, 4) is 11.1 Å². The van der Waals surface area contributed by atoms with E-state index >= 15 is 0 Å². The molecule has 0 spiro atoms. The first-order valence-electron chi connectivity index (χ1n) is 4.70. The normalized spacial score (nSPS) is 10.6. The molecule has 17 heavy (non-hydrogen) atoms. The lowest BCUT2D eigenvalue weighted by atomic mass is 10.0. The smallest absolute Gasteiger partial charge is 0.157 e. The molecular weight excluding hydrogens is 234 g/mol. The molecule has 0 radical (unpaired) electrons. The SMILES string of the molecule is Nc1c(F)ccc(-c2c(F)cccc2F)c1F. The van der Waals surface area contributed by atoms with Gasteiger partial charge in [-0.2, -0.15) is 0 Å². The summed E-state index contributed by atoms with van der Waals surface area (Å²) in [6, 6.07) is 4.93. The molecule has 0 heterocycles. The van der Waals surface area contributed by atoms with Crippen molar-refractivity contribution in [2.75, 3.05) is 5.73 Å². The summed E-state index contributed by atoms with van der Waals surface area (Å²) >= 11 is 0. The van der Waals surface area contributed by atoms with E-state index in [-0.39, 0.29) is 0 Å². The standard InChI is InChI=1S/C12H7F4N/c13-7-2-1-3-8(14)10(7)6-4-5-9(15)12(17)11(6)16/h1-5H,17H2. The van der Waals surface area contributed by atoms with Crippen LogP contribution in [0, 0.1) is 23.3 Å². The zero-order valence-corrected chi connectivity index (χ0v) is 8.48. The third-order valence-corrected chi connectivity index (χ3v) is 2.36. The summed E-state index contributed by atoms with van der Waals surface area (Å²) in [5.74, 6) is -4.01. The number of anilines is 1. The highest BCUT2D eigenvalue weighted by molar-refractivity contribution is 5.69. The predicted molar refractivity (Wildman–Crippen MR) is 56.1 cm³/mol. The van der Waals surface area contributed by atoms with Crippen molar-refractivity contribution in [2.45, 2.75) is 0 Å². The molecule has 0 aliphatic carbocycles. The van der Waals surface area contributed by atoms with Crippen molar-refractivity contribution in [2.24, 2.45) is 0 Å². The Hall–Kier alpha value is -2.04. The number of hydrogen-bond acceptors (Lipinski definition) is 1. The van der Waals surface area contributed by atoms with Crippen LogP contribution in [-0.4, -0.2) is 0 Å². The Kier molecular flexibility index (Phi) is 2.75. The van der Waals surface area contributed by atoms with E-state index in [0.29, 0.717) is 0 Å². The summed E-state index contributed by atoms with van der Waals surface area (Å²) in [5.41, 5.74) is 3.40. The summed E-state index contributed by atoms with van der Waals surface area (Å²) in [6.45, 7) is 0. The van der Waals surface area contributed by atoms with Gasteiger partial charge in [0.15, 0.2) is 5.82 Å². The fraction of sp³-hybridized carbons (Fsp3) is 0. The van der Waals surface area contributed by atoms with Gasteiger partial charge in [-0.1, -0.05) is 6.07 Å². The molecular formula is C12H7F4N. The maximum Gasteiger partial charge on any atom is 0.157 e. The largest absolute Gasteiger partial charge is 0.394 e. The van der Waals surface area contributed by atoms with Crippen LogP contribution in [0.2, 0.25) is 0 Å². The predicted octanol–water partition coefficient (Wildman–Crippen LogP) is 3.49. The van der Waals surface area contributed by atoms with Gasteiger partial charge in [-0.15, -0.1) is 0 Å². The Balaban J connectivity index is 2.74. The quantitative estimate of drug-likeness (QED) is 0.600. The third-order valence-electron chi connectivity index (χ3n) is 2.36. The molecule has 0 saturated carbocycles. The molecule has 0 bridgehead atoms. The minimum absolute atomic E-state index is 0.403. The second-order valence-corrected chi connectivity index (χ2v) is 3.42. The fourth-order valence-corrected chi connectivity index (χ4v) is 1.52. The Morgan fingerprint density at radius 3 is 1.94 bits per heavy atom. The van der Waals surface area contributed by atoms with Gasteiger partial charge in [0.1, 0.15) is 23.1 Å². The van der Waals surface area contributed by atoms with E-state index in [9.17, 15) is 17.6 Å². The zero-order chi connectivity index (χ0) is 12.6.